The highest BCUT2D eigenvalue weighted by atomic mass is 16.3. The molecule has 1 saturated heterocycles. The molecular formula is C10H14N6O. The number of nitrogens with one attached hydrogen (secondary N) is 1. The van der Waals surface area contributed by atoms with E-state index in [1.807, 2.05) is 0 Å². The maximum atomic E-state index is 9.35. The van der Waals surface area contributed by atoms with Crippen LogP contribution in [0.4, 0.5) is 11.8 Å². The molecule has 3 rings (SSSR count). The Morgan fingerprint density at radius 3 is 3.24 bits per heavy atom. The molecule has 2 aromatic rings. The van der Waals surface area contributed by atoms with Crippen LogP contribution in [0.3, 0.4) is 0 Å². The molecule has 3 heterocycles. The van der Waals surface area contributed by atoms with Crippen LogP contribution in [0.1, 0.15) is 12.8 Å². The highest BCUT2D eigenvalue weighted by Gasteiger charge is 2.27. The Labute approximate surface area is 97.7 Å². The van der Waals surface area contributed by atoms with Gasteiger partial charge in [0.05, 0.1) is 24.2 Å². The zero-order chi connectivity index (χ0) is 11.8. The summed E-state index contributed by atoms with van der Waals surface area (Å²) in [5, 5.41) is 16.9. The summed E-state index contributed by atoms with van der Waals surface area (Å²) in [6.07, 6.45) is 3.71. The van der Waals surface area contributed by atoms with Crippen LogP contribution in [0.5, 0.6) is 0 Å². The second kappa shape index (κ2) is 3.85. The molecule has 1 unspecified atom stereocenters. The highest BCUT2D eigenvalue weighted by Crippen LogP contribution is 2.29. The third-order valence-corrected chi connectivity index (χ3v) is 3.17. The maximum Gasteiger partial charge on any atom is 0.224 e. The van der Waals surface area contributed by atoms with Gasteiger partial charge in [0, 0.05) is 6.54 Å². The fourth-order valence-electron chi connectivity index (χ4n) is 2.36. The van der Waals surface area contributed by atoms with Gasteiger partial charge in [0.1, 0.15) is 5.82 Å². The van der Waals surface area contributed by atoms with E-state index in [2.05, 4.69) is 25.1 Å². The summed E-state index contributed by atoms with van der Waals surface area (Å²) in [5.74, 6) is 0.984. The number of fused-ring (bicyclic) bond motifs is 1. The van der Waals surface area contributed by atoms with Crippen LogP contribution in [0.2, 0.25) is 0 Å². The van der Waals surface area contributed by atoms with Crippen molar-refractivity contribution in [3.63, 3.8) is 0 Å². The third kappa shape index (κ3) is 1.59. The normalized spacial score (nSPS) is 20.3. The molecule has 0 bridgehead atoms. The molecule has 0 aromatic carbocycles. The zero-order valence-electron chi connectivity index (χ0n) is 9.30. The minimum Gasteiger partial charge on any atom is -0.394 e. The lowest BCUT2D eigenvalue weighted by Gasteiger charge is -2.24. The SMILES string of the molecule is Nc1nc(N2CCCC2CO)c2cn[nH]c2n1. The molecule has 0 amide bonds. The first-order valence-corrected chi connectivity index (χ1v) is 5.63. The molecule has 1 aliphatic rings. The number of anilines is 2. The number of nitrogen functional groups attached to an aromatic ring is 1. The Balaban J connectivity index is 2.12. The second-order valence-electron chi connectivity index (χ2n) is 4.21. The van der Waals surface area contributed by atoms with Crippen molar-refractivity contribution >= 4 is 22.8 Å². The Morgan fingerprint density at radius 2 is 2.41 bits per heavy atom. The molecule has 1 fully saturated rings. The minimum atomic E-state index is 0.113. The average Bonchev–Trinajstić information content (AvgIpc) is 2.95. The first kappa shape index (κ1) is 10.3. The molecule has 17 heavy (non-hydrogen) atoms. The van der Waals surface area contributed by atoms with E-state index >= 15 is 0 Å². The lowest BCUT2D eigenvalue weighted by molar-refractivity contribution is 0.266. The predicted octanol–water partition coefficient (Wildman–Crippen LogP) is -0.104. The van der Waals surface area contributed by atoms with Crippen LogP contribution in [0, 0.1) is 0 Å². The van der Waals surface area contributed by atoms with Gasteiger partial charge < -0.3 is 15.7 Å². The lowest BCUT2D eigenvalue weighted by Crippen LogP contribution is -2.33. The summed E-state index contributed by atoms with van der Waals surface area (Å²) >= 11 is 0. The summed E-state index contributed by atoms with van der Waals surface area (Å²) in [7, 11) is 0. The van der Waals surface area contributed by atoms with Crippen LogP contribution in [0.15, 0.2) is 6.20 Å². The third-order valence-electron chi connectivity index (χ3n) is 3.17. The molecular weight excluding hydrogens is 220 g/mol. The molecule has 7 heteroatoms. The number of nitrogens with two attached hydrogens (primary N) is 1. The van der Waals surface area contributed by atoms with Crippen LogP contribution in [-0.4, -0.2) is 44.5 Å². The van der Waals surface area contributed by atoms with Crippen molar-refractivity contribution in [3.8, 4) is 0 Å². The lowest BCUT2D eigenvalue weighted by atomic mass is 10.2. The van der Waals surface area contributed by atoms with Crippen molar-refractivity contribution in [1.29, 1.82) is 0 Å². The van der Waals surface area contributed by atoms with E-state index in [1.165, 1.54) is 0 Å². The summed E-state index contributed by atoms with van der Waals surface area (Å²) in [6, 6.07) is 0.113. The summed E-state index contributed by atoms with van der Waals surface area (Å²) in [4.78, 5) is 10.4. The Hall–Kier alpha value is -1.89. The van der Waals surface area contributed by atoms with Gasteiger partial charge in [-0.25, -0.2) is 0 Å². The molecule has 1 atom stereocenters. The predicted molar refractivity (Wildman–Crippen MR) is 63.5 cm³/mol. The molecule has 1 aliphatic heterocycles. The van der Waals surface area contributed by atoms with Crippen molar-refractivity contribution in [3.05, 3.63) is 6.20 Å². The van der Waals surface area contributed by atoms with E-state index in [1.54, 1.807) is 6.20 Å². The quantitative estimate of drug-likeness (QED) is 0.670. The molecule has 0 saturated carbocycles. The van der Waals surface area contributed by atoms with Crippen molar-refractivity contribution in [1.82, 2.24) is 20.2 Å². The van der Waals surface area contributed by atoms with Gasteiger partial charge >= 0.3 is 0 Å². The van der Waals surface area contributed by atoms with E-state index < -0.39 is 0 Å². The number of aliphatic hydroxyl groups is 1. The van der Waals surface area contributed by atoms with Crippen LogP contribution in [-0.2, 0) is 0 Å². The van der Waals surface area contributed by atoms with E-state index in [9.17, 15) is 5.11 Å². The minimum absolute atomic E-state index is 0.113. The first-order valence-electron chi connectivity index (χ1n) is 5.63. The number of hydrogen-bond acceptors (Lipinski definition) is 6. The molecule has 4 N–H and O–H groups in total. The average molecular weight is 234 g/mol. The van der Waals surface area contributed by atoms with Crippen molar-refractivity contribution in [2.45, 2.75) is 18.9 Å². The zero-order valence-corrected chi connectivity index (χ0v) is 9.30. The highest BCUT2D eigenvalue weighted by molar-refractivity contribution is 5.87. The Bertz CT molecular complexity index is 539. The number of aromatic amines is 1. The van der Waals surface area contributed by atoms with Crippen LogP contribution in [0.25, 0.3) is 11.0 Å². The largest absolute Gasteiger partial charge is 0.394 e. The maximum absolute atomic E-state index is 9.35. The topological polar surface area (TPSA) is 104 Å². The van der Waals surface area contributed by atoms with Crippen molar-refractivity contribution in [2.75, 3.05) is 23.8 Å². The summed E-state index contributed by atoms with van der Waals surface area (Å²) in [5.41, 5.74) is 6.31. The number of aromatic nitrogens is 4. The van der Waals surface area contributed by atoms with Crippen LogP contribution >= 0.6 is 0 Å². The number of aliphatic hydroxyl groups excluding tert-OH is 1. The first-order chi connectivity index (χ1) is 8.29. The molecule has 2 aromatic heterocycles. The van der Waals surface area contributed by atoms with Gasteiger partial charge in [-0.3, -0.25) is 5.10 Å². The van der Waals surface area contributed by atoms with Gasteiger partial charge in [-0.15, -0.1) is 0 Å². The van der Waals surface area contributed by atoms with Crippen molar-refractivity contribution in [2.24, 2.45) is 0 Å². The molecule has 7 nitrogen and oxygen atoms in total. The Kier molecular flexibility index (Phi) is 2.32. The van der Waals surface area contributed by atoms with E-state index in [-0.39, 0.29) is 18.6 Å². The van der Waals surface area contributed by atoms with E-state index in [4.69, 9.17) is 5.73 Å². The smallest absolute Gasteiger partial charge is 0.224 e. The molecule has 0 aliphatic carbocycles. The van der Waals surface area contributed by atoms with Gasteiger partial charge in [-0.05, 0) is 12.8 Å². The number of rotatable bonds is 2. The fraction of sp³-hybridized carbons (Fsp3) is 0.500. The molecule has 0 radical (unpaired) electrons. The monoisotopic (exact) mass is 234 g/mol. The van der Waals surface area contributed by atoms with Crippen LogP contribution < -0.4 is 10.6 Å². The number of nitrogens with zero attached hydrogens (tertiary/aromatic N) is 4. The second-order valence-corrected chi connectivity index (χ2v) is 4.21. The fourth-order valence-corrected chi connectivity index (χ4v) is 2.36. The Morgan fingerprint density at radius 1 is 1.53 bits per heavy atom. The van der Waals surface area contributed by atoms with Gasteiger partial charge in [-0.2, -0.15) is 15.1 Å². The van der Waals surface area contributed by atoms with E-state index in [0.717, 1.165) is 30.6 Å². The summed E-state index contributed by atoms with van der Waals surface area (Å²) in [6.45, 7) is 1.01. The van der Waals surface area contributed by atoms with Gasteiger partial charge in [0.25, 0.3) is 0 Å². The van der Waals surface area contributed by atoms with E-state index in [0.29, 0.717) is 5.65 Å². The molecule has 0 spiro atoms. The standard InChI is InChI=1S/C10H14N6O/c11-10-13-8-7(4-12-15-8)9(14-10)16-3-1-2-6(16)5-17/h4,6,17H,1-3,5H2,(H3,11,12,13,14,15). The van der Waals surface area contributed by atoms with Gasteiger partial charge in [0.2, 0.25) is 5.95 Å². The van der Waals surface area contributed by atoms with Crippen molar-refractivity contribution < 1.29 is 5.11 Å². The number of H-pyrrole nitrogens is 1. The number of hydrogen-bond donors (Lipinski definition) is 3. The summed E-state index contributed by atoms with van der Waals surface area (Å²) < 4.78 is 0. The van der Waals surface area contributed by atoms with Gasteiger partial charge in [0.15, 0.2) is 5.65 Å². The van der Waals surface area contributed by atoms with Gasteiger partial charge in [-0.1, -0.05) is 0 Å². The molecule has 90 valence electrons.